The first-order valence-electron chi connectivity index (χ1n) is 5.67. The molecular weight excluding hydrogens is 270 g/mol. The van der Waals surface area contributed by atoms with E-state index in [-0.39, 0.29) is 6.10 Å². The van der Waals surface area contributed by atoms with E-state index in [9.17, 15) is 0 Å². The van der Waals surface area contributed by atoms with Gasteiger partial charge in [0.05, 0.1) is 5.02 Å². The molecule has 1 aromatic carbocycles. The maximum absolute atomic E-state index is 6.19. The van der Waals surface area contributed by atoms with Crippen LogP contribution in [0.2, 0.25) is 5.02 Å². The fraction of sp³-hybridized carbons (Fsp3) is 0.231. The Morgan fingerprint density at radius 2 is 2.39 bits per heavy atom. The van der Waals surface area contributed by atoms with E-state index in [0.717, 1.165) is 28.5 Å². The smallest absolute Gasteiger partial charge is 0.180 e. The van der Waals surface area contributed by atoms with Crippen LogP contribution in [0.3, 0.4) is 0 Å². The van der Waals surface area contributed by atoms with Crippen LogP contribution in [0.4, 0.5) is 0 Å². The Morgan fingerprint density at radius 3 is 3.11 bits per heavy atom. The summed E-state index contributed by atoms with van der Waals surface area (Å²) in [7, 11) is 0. The molecule has 1 atom stereocenters. The van der Waals surface area contributed by atoms with Crippen molar-refractivity contribution in [2.24, 2.45) is 5.73 Å². The van der Waals surface area contributed by atoms with Gasteiger partial charge in [0.25, 0.3) is 0 Å². The predicted octanol–water partition coefficient (Wildman–Crippen LogP) is 3.46. The second-order valence-corrected chi connectivity index (χ2v) is 5.42. The van der Waals surface area contributed by atoms with Crippen molar-refractivity contribution in [3.63, 3.8) is 0 Å². The molecule has 1 aliphatic rings. The molecule has 0 radical (unpaired) electrons. The number of halogens is 1. The lowest BCUT2D eigenvalue weighted by atomic mass is 10.1. The second-order valence-electron chi connectivity index (χ2n) is 4.11. The molecule has 1 aromatic heterocycles. The van der Waals surface area contributed by atoms with Crippen LogP contribution >= 0.6 is 22.9 Å². The van der Waals surface area contributed by atoms with Crippen molar-refractivity contribution < 1.29 is 9.47 Å². The summed E-state index contributed by atoms with van der Waals surface area (Å²) in [5.74, 6) is 1.48. The van der Waals surface area contributed by atoms with Crippen LogP contribution in [-0.2, 0) is 6.42 Å². The number of benzene rings is 1. The molecule has 0 spiro atoms. The molecule has 0 amide bonds. The van der Waals surface area contributed by atoms with Gasteiger partial charge in [-0.3, -0.25) is 0 Å². The number of hydrogen-bond acceptors (Lipinski definition) is 4. The third-order valence-corrected chi connectivity index (χ3v) is 3.83. The summed E-state index contributed by atoms with van der Waals surface area (Å²) in [5.41, 5.74) is 6.67. The quantitative estimate of drug-likeness (QED) is 0.937. The summed E-state index contributed by atoms with van der Waals surface area (Å²) >= 11 is 7.74. The molecule has 2 aromatic rings. The lowest BCUT2D eigenvalue weighted by Gasteiger charge is -2.08. The van der Waals surface area contributed by atoms with Gasteiger partial charge < -0.3 is 15.2 Å². The van der Waals surface area contributed by atoms with Gasteiger partial charge in [0.15, 0.2) is 5.06 Å². The molecule has 0 aliphatic carbocycles. The van der Waals surface area contributed by atoms with E-state index < -0.39 is 0 Å². The van der Waals surface area contributed by atoms with E-state index >= 15 is 0 Å². The average molecular weight is 282 g/mol. The van der Waals surface area contributed by atoms with Crippen LogP contribution in [-0.4, -0.2) is 12.6 Å². The highest BCUT2D eigenvalue weighted by molar-refractivity contribution is 7.11. The third kappa shape index (κ3) is 2.19. The highest BCUT2D eigenvalue weighted by atomic mass is 35.5. The highest BCUT2D eigenvalue weighted by Gasteiger charge is 2.25. The van der Waals surface area contributed by atoms with Crippen molar-refractivity contribution in [1.29, 1.82) is 0 Å². The summed E-state index contributed by atoms with van der Waals surface area (Å²) < 4.78 is 11.4. The maximum Gasteiger partial charge on any atom is 0.180 e. The van der Waals surface area contributed by atoms with E-state index in [4.69, 9.17) is 26.8 Å². The molecule has 5 heteroatoms. The first kappa shape index (κ1) is 11.8. The van der Waals surface area contributed by atoms with Gasteiger partial charge in [-0.15, -0.1) is 11.3 Å². The van der Waals surface area contributed by atoms with Crippen molar-refractivity contribution in [3.05, 3.63) is 40.2 Å². The molecule has 3 rings (SSSR count). The van der Waals surface area contributed by atoms with Crippen molar-refractivity contribution in [2.75, 3.05) is 6.54 Å². The fourth-order valence-corrected chi connectivity index (χ4v) is 2.85. The summed E-state index contributed by atoms with van der Waals surface area (Å²) in [6.45, 7) is 0.492. The molecule has 0 saturated heterocycles. The monoisotopic (exact) mass is 281 g/mol. The topological polar surface area (TPSA) is 44.5 Å². The highest BCUT2D eigenvalue weighted by Crippen LogP contribution is 2.40. The van der Waals surface area contributed by atoms with E-state index in [2.05, 4.69) is 0 Å². The van der Waals surface area contributed by atoms with Crippen LogP contribution in [0.5, 0.6) is 16.6 Å². The number of ether oxygens (including phenoxy) is 2. The van der Waals surface area contributed by atoms with Crippen LogP contribution < -0.4 is 15.2 Å². The van der Waals surface area contributed by atoms with Gasteiger partial charge in [0.1, 0.15) is 17.6 Å². The van der Waals surface area contributed by atoms with E-state index in [1.54, 1.807) is 17.4 Å². The molecule has 2 N–H and O–H groups in total. The van der Waals surface area contributed by atoms with Crippen LogP contribution in [0, 0.1) is 0 Å². The molecule has 94 valence electrons. The molecular formula is C13H12ClNO2S. The molecule has 1 aliphatic heterocycles. The molecule has 18 heavy (non-hydrogen) atoms. The summed E-state index contributed by atoms with van der Waals surface area (Å²) in [5, 5.41) is 3.40. The number of fused-ring (bicyclic) bond motifs is 1. The molecule has 0 saturated carbocycles. The lowest BCUT2D eigenvalue weighted by molar-refractivity contribution is 0.241. The van der Waals surface area contributed by atoms with Crippen molar-refractivity contribution in [2.45, 2.75) is 12.5 Å². The molecule has 3 nitrogen and oxygen atoms in total. The van der Waals surface area contributed by atoms with E-state index in [1.807, 2.05) is 23.6 Å². The largest absolute Gasteiger partial charge is 0.487 e. The van der Waals surface area contributed by atoms with Gasteiger partial charge in [0.2, 0.25) is 0 Å². The Labute approximate surface area is 114 Å². The average Bonchev–Trinajstić information content (AvgIpc) is 2.97. The van der Waals surface area contributed by atoms with Gasteiger partial charge in [-0.25, -0.2) is 0 Å². The van der Waals surface area contributed by atoms with Gasteiger partial charge >= 0.3 is 0 Å². The molecule has 1 unspecified atom stereocenters. The van der Waals surface area contributed by atoms with E-state index in [1.165, 1.54) is 0 Å². The lowest BCUT2D eigenvalue weighted by Crippen LogP contribution is -2.24. The third-order valence-electron chi connectivity index (χ3n) is 2.80. The Kier molecular flexibility index (Phi) is 3.16. The van der Waals surface area contributed by atoms with Gasteiger partial charge in [-0.2, -0.15) is 0 Å². The summed E-state index contributed by atoms with van der Waals surface area (Å²) in [6.07, 6.45) is 0.808. The minimum Gasteiger partial charge on any atom is -0.487 e. The SMILES string of the molecule is NCC1Cc2cc(Oc3cccs3)cc(Cl)c2O1. The number of hydrogen-bond donors (Lipinski definition) is 1. The van der Waals surface area contributed by atoms with Crippen LogP contribution in [0.25, 0.3) is 0 Å². The summed E-state index contributed by atoms with van der Waals surface area (Å²) in [4.78, 5) is 0. The van der Waals surface area contributed by atoms with Crippen molar-refractivity contribution in [1.82, 2.24) is 0 Å². The standard InChI is InChI=1S/C13H12ClNO2S/c14-11-6-9(16-12-2-1-3-18-12)4-8-5-10(7-15)17-13(8)11/h1-4,6,10H,5,7,15H2. The van der Waals surface area contributed by atoms with Crippen LogP contribution in [0.1, 0.15) is 5.56 Å². The normalized spacial score (nSPS) is 17.3. The number of thiophene rings is 1. The van der Waals surface area contributed by atoms with Crippen LogP contribution in [0.15, 0.2) is 29.6 Å². The zero-order valence-corrected chi connectivity index (χ0v) is 11.1. The minimum absolute atomic E-state index is 0.0227. The Hall–Kier alpha value is -1.23. The first-order valence-corrected chi connectivity index (χ1v) is 6.92. The Balaban J connectivity index is 1.89. The Bertz CT molecular complexity index is 556. The van der Waals surface area contributed by atoms with Crippen molar-refractivity contribution >= 4 is 22.9 Å². The minimum atomic E-state index is 0.0227. The number of rotatable bonds is 3. The van der Waals surface area contributed by atoms with Gasteiger partial charge in [-0.1, -0.05) is 11.6 Å². The van der Waals surface area contributed by atoms with Gasteiger partial charge in [-0.05, 0) is 23.6 Å². The predicted molar refractivity (Wildman–Crippen MR) is 73.0 cm³/mol. The maximum atomic E-state index is 6.19. The molecule has 0 bridgehead atoms. The fourth-order valence-electron chi connectivity index (χ4n) is 1.99. The first-order chi connectivity index (χ1) is 8.76. The van der Waals surface area contributed by atoms with Crippen molar-refractivity contribution in [3.8, 4) is 16.6 Å². The molecule has 2 heterocycles. The Morgan fingerprint density at radius 1 is 1.50 bits per heavy atom. The van der Waals surface area contributed by atoms with E-state index in [0.29, 0.717) is 11.6 Å². The second kappa shape index (κ2) is 4.80. The molecule has 0 fully saturated rings. The zero-order chi connectivity index (χ0) is 12.5. The van der Waals surface area contributed by atoms with Gasteiger partial charge in [0, 0.05) is 24.6 Å². The summed E-state index contributed by atoms with van der Waals surface area (Å²) in [6, 6.07) is 7.61. The number of nitrogens with two attached hydrogens (primary N) is 1. The zero-order valence-electron chi connectivity index (χ0n) is 9.56.